The summed E-state index contributed by atoms with van der Waals surface area (Å²) in [5.41, 5.74) is 0. The highest BCUT2D eigenvalue weighted by atomic mass is 16.5. The summed E-state index contributed by atoms with van der Waals surface area (Å²) in [6.07, 6.45) is 7.37. The number of nitrogens with zero attached hydrogens (tertiary/aromatic N) is 4. The van der Waals surface area contributed by atoms with Crippen LogP contribution >= 0.6 is 0 Å². The van der Waals surface area contributed by atoms with Crippen LogP contribution in [-0.2, 0) is 24.3 Å². The van der Waals surface area contributed by atoms with Gasteiger partial charge in [0.15, 0.2) is 11.8 Å². The van der Waals surface area contributed by atoms with Crippen molar-refractivity contribution in [3.05, 3.63) is 11.6 Å². The molecule has 0 bridgehead atoms. The van der Waals surface area contributed by atoms with E-state index in [-0.39, 0.29) is 0 Å². The molecule has 1 aromatic heterocycles. The number of nitrogens with one attached hydrogen (secondary N) is 2. The molecule has 1 aliphatic heterocycles. The Morgan fingerprint density at radius 3 is 2.80 bits per heavy atom. The zero-order valence-corrected chi connectivity index (χ0v) is 15.8. The van der Waals surface area contributed by atoms with E-state index in [4.69, 9.17) is 4.74 Å². The Labute approximate surface area is 150 Å². The summed E-state index contributed by atoms with van der Waals surface area (Å²) < 4.78 is 7.13. The van der Waals surface area contributed by atoms with Crippen molar-refractivity contribution in [1.29, 1.82) is 0 Å². The minimum Gasteiger partial charge on any atom is -0.377 e. The lowest BCUT2D eigenvalue weighted by Crippen LogP contribution is -2.48. The summed E-state index contributed by atoms with van der Waals surface area (Å²) in [4.78, 5) is 8.93. The molecule has 1 aliphatic carbocycles. The molecule has 0 aromatic carbocycles. The molecule has 7 heteroatoms. The van der Waals surface area contributed by atoms with Crippen molar-refractivity contribution in [3.63, 3.8) is 0 Å². The minimum absolute atomic E-state index is 0.335. The van der Waals surface area contributed by atoms with E-state index in [0.29, 0.717) is 12.6 Å². The van der Waals surface area contributed by atoms with Gasteiger partial charge in [-0.05, 0) is 31.1 Å². The SMILES string of the molecule is CN=C(NCC1CCC(C)CC1)NC1CCc2nc(COC)nn2C1. The molecule has 25 heavy (non-hydrogen) atoms. The number of guanidine groups is 1. The normalized spacial score (nSPS) is 27.0. The van der Waals surface area contributed by atoms with Gasteiger partial charge >= 0.3 is 0 Å². The molecule has 140 valence electrons. The molecule has 0 amide bonds. The Hall–Kier alpha value is -1.63. The van der Waals surface area contributed by atoms with E-state index in [0.717, 1.165) is 55.4 Å². The predicted octanol–water partition coefficient (Wildman–Crippen LogP) is 1.73. The monoisotopic (exact) mass is 348 g/mol. The average Bonchev–Trinajstić information content (AvgIpc) is 3.02. The number of hydrogen-bond acceptors (Lipinski definition) is 4. The predicted molar refractivity (Wildman–Crippen MR) is 98.5 cm³/mol. The van der Waals surface area contributed by atoms with Gasteiger partial charge in [0.1, 0.15) is 12.4 Å². The molecule has 1 atom stereocenters. The molecule has 1 aromatic rings. The Kier molecular flexibility index (Phi) is 6.29. The number of fused-ring (bicyclic) bond motifs is 1. The van der Waals surface area contributed by atoms with E-state index in [1.807, 2.05) is 11.7 Å². The van der Waals surface area contributed by atoms with Gasteiger partial charge in [0, 0.05) is 33.2 Å². The summed E-state index contributed by atoms with van der Waals surface area (Å²) in [6.45, 7) is 4.68. The maximum Gasteiger partial charge on any atom is 0.191 e. The molecule has 0 saturated heterocycles. The maximum atomic E-state index is 5.13. The molecule has 3 rings (SSSR count). The molecule has 1 saturated carbocycles. The number of aliphatic imine (C=N–C) groups is 1. The molecule has 7 nitrogen and oxygen atoms in total. The summed E-state index contributed by atoms with van der Waals surface area (Å²) >= 11 is 0. The summed E-state index contributed by atoms with van der Waals surface area (Å²) in [5.74, 6) is 4.41. The highest BCUT2D eigenvalue weighted by molar-refractivity contribution is 5.79. The Bertz CT molecular complexity index is 576. The first-order valence-electron chi connectivity index (χ1n) is 9.56. The van der Waals surface area contributed by atoms with Crippen molar-refractivity contribution in [1.82, 2.24) is 25.4 Å². The summed E-state index contributed by atoms with van der Waals surface area (Å²) in [6, 6.07) is 0.335. The Balaban J connectivity index is 1.47. The fourth-order valence-corrected chi connectivity index (χ4v) is 3.83. The van der Waals surface area contributed by atoms with Crippen molar-refractivity contribution in [2.45, 2.75) is 64.6 Å². The van der Waals surface area contributed by atoms with Crippen molar-refractivity contribution in [3.8, 4) is 0 Å². The maximum absolute atomic E-state index is 5.13. The zero-order valence-electron chi connectivity index (χ0n) is 15.8. The molecule has 2 aliphatic rings. The minimum atomic E-state index is 0.335. The average molecular weight is 348 g/mol. The quantitative estimate of drug-likeness (QED) is 0.626. The number of hydrogen-bond donors (Lipinski definition) is 2. The standard InChI is InChI=1S/C18H32N6O/c1-13-4-6-14(7-5-13)10-20-18(19-2)21-15-8-9-17-22-16(12-25-3)23-24(17)11-15/h13-15H,4-12H2,1-3H3,(H2,19,20,21). The molecule has 0 spiro atoms. The van der Waals surface area contributed by atoms with Crippen molar-refractivity contribution < 1.29 is 4.74 Å². The van der Waals surface area contributed by atoms with Gasteiger partial charge in [-0.1, -0.05) is 19.8 Å². The van der Waals surface area contributed by atoms with Crippen LogP contribution in [0, 0.1) is 11.8 Å². The summed E-state index contributed by atoms with van der Waals surface area (Å²) in [7, 11) is 3.52. The molecule has 0 radical (unpaired) electrons. The fourth-order valence-electron chi connectivity index (χ4n) is 3.83. The van der Waals surface area contributed by atoms with Gasteiger partial charge in [0.25, 0.3) is 0 Å². The van der Waals surface area contributed by atoms with Gasteiger partial charge in [-0.3, -0.25) is 4.99 Å². The number of aryl methyl sites for hydroxylation is 1. The first-order valence-corrected chi connectivity index (χ1v) is 9.56. The molecule has 1 fully saturated rings. The second-order valence-electron chi connectivity index (χ2n) is 7.52. The van der Waals surface area contributed by atoms with Crippen LogP contribution in [0.15, 0.2) is 4.99 Å². The first kappa shape index (κ1) is 18.2. The Morgan fingerprint density at radius 1 is 1.28 bits per heavy atom. The van der Waals surface area contributed by atoms with Gasteiger partial charge in [-0.25, -0.2) is 9.67 Å². The lowest BCUT2D eigenvalue weighted by molar-refractivity contribution is 0.177. The number of ether oxygens (including phenoxy) is 1. The highest BCUT2D eigenvalue weighted by Crippen LogP contribution is 2.27. The van der Waals surface area contributed by atoms with Gasteiger partial charge in [-0.15, -0.1) is 0 Å². The van der Waals surface area contributed by atoms with Crippen LogP contribution in [0.25, 0.3) is 0 Å². The summed E-state index contributed by atoms with van der Waals surface area (Å²) in [5, 5.41) is 11.6. The molecular formula is C18H32N6O. The first-order chi connectivity index (χ1) is 12.2. The largest absolute Gasteiger partial charge is 0.377 e. The van der Waals surface area contributed by atoms with Crippen LogP contribution in [0.2, 0.25) is 0 Å². The van der Waals surface area contributed by atoms with Crippen LogP contribution in [-0.4, -0.2) is 47.5 Å². The third-order valence-corrected chi connectivity index (χ3v) is 5.43. The topological polar surface area (TPSA) is 76.4 Å². The second kappa shape index (κ2) is 8.65. The molecule has 1 unspecified atom stereocenters. The number of methoxy groups -OCH3 is 1. The lowest BCUT2D eigenvalue weighted by Gasteiger charge is -2.28. The van der Waals surface area contributed by atoms with E-state index in [1.165, 1.54) is 25.7 Å². The van der Waals surface area contributed by atoms with Crippen LogP contribution in [0.1, 0.15) is 50.7 Å². The van der Waals surface area contributed by atoms with E-state index in [9.17, 15) is 0 Å². The van der Waals surface area contributed by atoms with Crippen molar-refractivity contribution in [2.24, 2.45) is 16.8 Å². The molecule has 2 heterocycles. The fraction of sp³-hybridized carbons (Fsp3) is 0.833. The van der Waals surface area contributed by atoms with Crippen LogP contribution in [0.3, 0.4) is 0 Å². The lowest BCUT2D eigenvalue weighted by atomic mass is 9.83. The second-order valence-corrected chi connectivity index (χ2v) is 7.52. The number of aromatic nitrogens is 3. The Morgan fingerprint density at radius 2 is 2.08 bits per heavy atom. The third kappa shape index (κ3) is 4.93. The van der Waals surface area contributed by atoms with Crippen LogP contribution in [0.4, 0.5) is 0 Å². The van der Waals surface area contributed by atoms with E-state index < -0.39 is 0 Å². The van der Waals surface area contributed by atoms with E-state index >= 15 is 0 Å². The van der Waals surface area contributed by atoms with Gasteiger partial charge < -0.3 is 15.4 Å². The highest BCUT2D eigenvalue weighted by Gasteiger charge is 2.23. The van der Waals surface area contributed by atoms with Gasteiger partial charge in [-0.2, -0.15) is 5.10 Å². The van der Waals surface area contributed by atoms with Crippen molar-refractivity contribution in [2.75, 3.05) is 20.7 Å². The zero-order chi connectivity index (χ0) is 17.6. The van der Waals surface area contributed by atoms with E-state index in [1.54, 1.807) is 7.11 Å². The third-order valence-electron chi connectivity index (χ3n) is 5.43. The molecular weight excluding hydrogens is 316 g/mol. The molecule has 2 N–H and O–H groups in total. The smallest absolute Gasteiger partial charge is 0.191 e. The van der Waals surface area contributed by atoms with Gasteiger partial charge in [0.2, 0.25) is 0 Å². The van der Waals surface area contributed by atoms with Crippen LogP contribution in [0.5, 0.6) is 0 Å². The van der Waals surface area contributed by atoms with Gasteiger partial charge in [0.05, 0.1) is 6.54 Å². The van der Waals surface area contributed by atoms with Crippen molar-refractivity contribution >= 4 is 5.96 Å². The van der Waals surface area contributed by atoms with Crippen LogP contribution < -0.4 is 10.6 Å². The number of rotatable bonds is 5. The van der Waals surface area contributed by atoms with E-state index in [2.05, 4.69) is 32.6 Å².